The van der Waals surface area contributed by atoms with E-state index in [0.717, 1.165) is 5.56 Å². The van der Waals surface area contributed by atoms with Crippen LogP contribution in [0.2, 0.25) is 0 Å². The molecule has 0 fully saturated rings. The van der Waals surface area contributed by atoms with Crippen molar-refractivity contribution >= 4 is 23.2 Å². The topological polar surface area (TPSA) is 58.6 Å². The van der Waals surface area contributed by atoms with E-state index in [2.05, 4.69) is 5.32 Å². The molecule has 0 aliphatic rings. The summed E-state index contributed by atoms with van der Waals surface area (Å²) in [6.07, 6.45) is -0.716. The lowest BCUT2D eigenvalue weighted by molar-refractivity contribution is -0.126. The second kappa shape index (κ2) is 7.56. The fourth-order valence-electron chi connectivity index (χ4n) is 2.26. The highest BCUT2D eigenvalue weighted by atomic mass is 16.5. The third-order valence-corrected chi connectivity index (χ3v) is 3.57. The summed E-state index contributed by atoms with van der Waals surface area (Å²) in [6.45, 7) is 1.47. The number of anilines is 2. The van der Waals surface area contributed by atoms with E-state index in [1.807, 2.05) is 36.4 Å². The number of nitrogens with zero attached hydrogens (tertiary/aromatic N) is 1. The van der Waals surface area contributed by atoms with E-state index in [9.17, 15) is 9.59 Å². The third kappa shape index (κ3) is 3.96. The molecule has 5 nitrogen and oxygen atoms in total. The number of amides is 2. The molecule has 2 aromatic rings. The fourth-order valence-corrected chi connectivity index (χ4v) is 2.26. The van der Waals surface area contributed by atoms with E-state index in [1.165, 1.54) is 18.9 Å². The quantitative estimate of drug-likeness (QED) is 0.923. The Hall–Kier alpha value is -2.66. The van der Waals surface area contributed by atoms with Crippen LogP contribution in [0.25, 0.3) is 0 Å². The first-order valence-electron chi connectivity index (χ1n) is 7.26. The standard InChI is InChI=1S/C18H20N2O3/c1-13(21)20(2)16-12-8-7-11-15(16)19-18(22)17(23-3)14-9-5-4-6-10-14/h4-12,17H,1-3H3,(H,19,22)/t17-/m0/s1. The van der Waals surface area contributed by atoms with Crippen molar-refractivity contribution in [2.45, 2.75) is 13.0 Å². The maximum absolute atomic E-state index is 12.5. The minimum atomic E-state index is -0.716. The van der Waals surface area contributed by atoms with Crippen molar-refractivity contribution in [3.05, 3.63) is 60.2 Å². The molecule has 5 heteroatoms. The van der Waals surface area contributed by atoms with Gasteiger partial charge in [0.1, 0.15) is 0 Å². The van der Waals surface area contributed by atoms with Gasteiger partial charge in [0, 0.05) is 21.1 Å². The van der Waals surface area contributed by atoms with Gasteiger partial charge in [-0.25, -0.2) is 0 Å². The van der Waals surface area contributed by atoms with Crippen molar-refractivity contribution in [1.29, 1.82) is 0 Å². The Morgan fingerprint density at radius 1 is 1.04 bits per heavy atom. The number of hydrogen-bond donors (Lipinski definition) is 1. The van der Waals surface area contributed by atoms with Crippen molar-refractivity contribution in [3.8, 4) is 0 Å². The molecule has 1 N–H and O–H groups in total. The molecule has 2 aromatic carbocycles. The Kier molecular flexibility index (Phi) is 5.49. The average molecular weight is 312 g/mol. The van der Waals surface area contributed by atoms with E-state index < -0.39 is 6.10 Å². The molecule has 23 heavy (non-hydrogen) atoms. The predicted molar refractivity (Wildman–Crippen MR) is 90.3 cm³/mol. The van der Waals surface area contributed by atoms with Crippen LogP contribution in [-0.2, 0) is 14.3 Å². The van der Waals surface area contributed by atoms with Gasteiger partial charge in [-0.1, -0.05) is 42.5 Å². The molecule has 2 rings (SSSR count). The molecule has 0 unspecified atom stereocenters. The van der Waals surface area contributed by atoms with E-state index >= 15 is 0 Å². The second-order valence-electron chi connectivity index (χ2n) is 5.11. The van der Waals surface area contributed by atoms with Crippen LogP contribution < -0.4 is 10.2 Å². The highest BCUT2D eigenvalue weighted by Crippen LogP contribution is 2.26. The number of para-hydroxylation sites is 2. The number of hydrogen-bond acceptors (Lipinski definition) is 3. The minimum absolute atomic E-state index is 0.113. The number of carbonyl (C=O) groups excluding carboxylic acids is 2. The summed E-state index contributed by atoms with van der Waals surface area (Å²) >= 11 is 0. The van der Waals surface area contributed by atoms with Crippen LogP contribution >= 0.6 is 0 Å². The molecule has 120 valence electrons. The van der Waals surface area contributed by atoms with Crippen molar-refractivity contribution < 1.29 is 14.3 Å². The highest BCUT2D eigenvalue weighted by Gasteiger charge is 2.21. The smallest absolute Gasteiger partial charge is 0.258 e. The lowest BCUT2D eigenvalue weighted by atomic mass is 10.1. The van der Waals surface area contributed by atoms with Crippen LogP contribution in [0.4, 0.5) is 11.4 Å². The molecule has 0 heterocycles. The summed E-state index contributed by atoms with van der Waals surface area (Å²) in [4.78, 5) is 25.6. The van der Waals surface area contributed by atoms with E-state index in [1.54, 1.807) is 25.2 Å². The first kappa shape index (κ1) is 16.7. The van der Waals surface area contributed by atoms with Gasteiger partial charge in [0.15, 0.2) is 6.10 Å². The first-order valence-corrected chi connectivity index (χ1v) is 7.26. The van der Waals surface area contributed by atoms with E-state index in [0.29, 0.717) is 11.4 Å². The summed E-state index contributed by atoms with van der Waals surface area (Å²) in [6, 6.07) is 16.4. The molecular formula is C18H20N2O3. The fraction of sp³-hybridized carbons (Fsp3) is 0.222. The highest BCUT2D eigenvalue weighted by molar-refractivity contribution is 6.01. The normalized spacial score (nSPS) is 11.6. The number of methoxy groups -OCH3 is 1. The van der Waals surface area contributed by atoms with E-state index in [-0.39, 0.29) is 11.8 Å². The van der Waals surface area contributed by atoms with Crippen LogP contribution in [0.15, 0.2) is 54.6 Å². The number of benzene rings is 2. The largest absolute Gasteiger partial charge is 0.367 e. The summed E-state index contributed by atoms with van der Waals surface area (Å²) in [5, 5.41) is 2.84. The first-order chi connectivity index (χ1) is 11.0. The predicted octanol–water partition coefficient (Wildman–Crippen LogP) is 3.00. The Morgan fingerprint density at radius 3 is 2.26 bits per heavy atom. The van der Waals surface area contributed by atoms with Crippen molar-refractivity contribution in [2.24, 2.45) is 0 Å². The van der Waals surface area contributed by atoms with Gasteiger partial charge in [0.05, 0.1) is 11.4 Å². The number of carbonyl (C=O) groups is 2. The average Bonchev–Trinajstić information content (AvgIpc) is 2.56. The molecule has 0 bridgehead atoms. The van der Waals surface area contributed by atoms with Gasteiger partial charge in [0.2, 0.25) is 5.91 Å². The summed E-state index contributed by atoms with van der Waals surface area (Å²) in [5.74, 6) is -0.402. The Morgan fingerprint density at radius 2 is 1.65 bits per heavy atom. The minimum Gasteiger partial charge on any atom is -0.367 e. The van der Waals surface area contributed by atoms with E-state index in [4.69, 9.17) is 4.74 Å². The van der Waals surface area contributed by atoms with Crippen molar-refractivity contribution in [2.75, 3.05) is 24.4 Å². The van der Waals surface area contributed by atoms with Crippen LogP contribution in [0, 0.1) is 0 Å². The monoisotopic (exact) mass is 312 g/mol. The zero-order chi connectivity index (χ0) is 16.8. The maximum Gasteiger partial charge on any atom is 0.258 e. The van der Waals surface area contributed by atoms with Gasteiger partial charge in [-0.05, 0) is 17.7 Å². The van der Waals surface area contributed by atoms with Crippen LogP contribution in [-0.4, -0.2) is 26.0 Å². The van der Waals surface area contributed by atoms with Gasteiger partial charge in [-0.3, -0.25) is 9.59 Å². The lowest BCUT2D eigenvalue weighted by Gasteiger charge is -2.21. The number of nitrogens with one attached hydrogen (secondary N) is 1. The molecule has 1 atom stereocenters. The van der Waals surface area contributed by atoms with Crippen LogP contribution in [0.3, 0.4) is 0 Å². The molecule has 0 saturated carbocycles. The SMILES string of the molecule is CO[C@H](C(=O)Nc1ccccc1N(C)C(C)=O)c1ccccc1. The van der Waals surface area contributed by atoms with Crippen molar-refractivity contribution in [1.82, 2.24) is 0 Å². The molecule has 0 aliphatic carbocycles. The molecular weight excluding hydrogens is 292 g/mol. The maximum atomic E-state index is 12.5. The van der Waals surface area contributed by atoms with Gasteiger partial charge in [-0.15, -0.1) is 0 Å². The second-order valence-corrected chi connectivity index (χ2v) is 5.11. The van der Waals surface area contributed by atoms with Gasteiger partial charge < -0.3 is 15.0 Å². The van der Waals surface area contributed by atoms with Crippen LogP contribution in [0.5, 0.6) is 0 Å². The van der Waals surface area contributed by atoms with Gasteiger partial charge >= 0.3 is 0 Å². The lowest BCUT2D eigenvalue weighted by Crippen LogP contribution is -2.27. The molecule has 0 aliphatic heterocycles. The zero-order valence-electron chi connectivity index (χ0n) is 13.4. The summed E-state index contributed by atoms with van der Waals surface area (Å²) < 4.78 is 5.33. The van der Waals surface area contributed by atoms with Gasteiger partial charge in [0.25, 0.3) is 5.91 Å². The molecule has 0 radical (unpaired) electrons. The zero-order valence-corrected chi connectivity index (χ0v) is 13.4. The van der Waals surface area contributed by atoms with Gasteiger partial charge in [-0.2, -0.15) is 0 Å². The third-order valence-electron chi connectivity index (χ3n) is 3.57. The number of ether oxygens (including phenoxy) is 1. The summed E-state index contributed by atoms with van der Waals surface area (Å²) in [5.41, 5.74) is 1.97. The molecule has 0 aromatic heterocycles. The Bertz CT molecular complexity index is 686. The van der Waals surface area contributed by atoms with Crippen LogP contribution in [0.1, 0.15) is 18.6 Å². The Labute approximate surface area is 135 Å². The Balaban J connectivity index is 2.25. The van der Waals surface area contributed by atoms with Crippen molar-refractivity contribution in [3.63, 3.8) is 0 Å². The molecule has 0 spiro atoms. The summed E-state index contributed by atoms with van der Waals surface area (Å²) in [7, 11) is 3.16. The molecule has 0 saturated heterocycles. The number of rotatable bonds is 5. The molecule has 2 amide bonds.